The molecule has 0 aliphatic heterocycles. The highest BCUT2D eigenvalue weighted by Gasteiger charge is 2.09. The van der Waals surface area contributed by atoms with E-state index in [1.165, 1.54) is 0 Å². The summed E-state index contributed by atoms with van der Waals surface area (Å²) in [6.07, 6.45) is 7.50. The Hall–Kier alpha value is -3.96. The quantitative estimate of drug-likeness (QED) is 0.363. The third-order valence-corrected chi connectivity index (χ3v) is 5.45. The molecule has 0 radical (unpaired) electrons. The van der Waals surface area contributed by atoms with Crippen LogP contribution in [0.4, 0.5) is 5.69 Å². The van der Waals surface area contributed by atoms with Crippen molar-refractivity contribution in [2.45, 2.75) is 6.54 Å². The minimum Gasteiger partial charge on any atom is -0.350 e. The Morgan fingerprint density at radius 3 is 2.47 bits per heavy atom. The molecule has 1 amide bonds. The highest BCUT2D eigenvalue weighted by Crippen LogP contribution is 2.22. The Morgan fingerprint density at radius 1 is 0.906 bits per heavy atom. The second-order valence-electron chi connectivity index (χ2n) is 7.50. The molecule has 156 valence electrons. The predicted octanol–water partition coefficient (Wildman–Crippen LogP) is 6.05. The molecule has 5 aromatic rings. The van der Waals surface area contributed by atoms with Gasteiger partial charge in [0.05, 0.1) is 16.8 Å². The molecular formula is C26H19ClN4O. The summed E-state index contributed by atoms with van der Waals surface area (Å²) in [5.41, 5.74) is 4.85. The van der Waals surface area contributed by atoms with Crippen LogP contribution in [0, 0.1) is 0 Å². The molecule has 1 N–H and O–H groups in total. The number of rotatable bonds is 5. The van der Waals surface area contributed by atoms with Crippen LogP contribution in [0.2, 0.25) is 5.02 Å². The predicted molar refractivity (Wildman–Crippen MR) is 128 cm³/mol. The van der Waals surface area contributed by atoms with Gasteiger partial charge in [-0.05, 0) is 60.2 Å². The van der Waals surface area contributed by atoms with Crippen LogP contribution >= 0.6 is 11.6 Å². The lowest BCUT2D eigenvalue weighted by Gasteiger charge is -2.08. The zero-order valence-electron chi connectivity index (χ0n) is 17.1. The maximum Gasteiger partial charge on any atom is 0.257 e. The second-order valence-corrected chi connectivity index (χ2v) is 7.94. The van der Waals surface area contributed by atoms with Gasteiger partial charge in [-0.3, -0.25) is 14.8 Å². The fraction of sp³-hybridized carbons (Fsp3) is 0.0385. The van der Waals surface area contributed by atoms with Gasteiger partial charge >= 0.3 is 0 Å². The Labute approximate surface area is 190 Å². The Bertz CT molecular complexity index is 1380. The summed E-state index contributed by atoms with van der Waals surface area (Å²) in [4.78, 5) is 21.7. The third-order valence-electron chi connectivity index (χ3n) is 5.20. The van der Waals surface area contributed by atoms with E-state index in [0.717, 1.165) is 34.3 Å². The van der Waals surface area contributed by atoms with Crippen molar-refractivity contribution >= 4 is 34.1 Å². The molecule has 5 nitrogen and oxygen atoms in total. The van der Waals surface area contributed by atoms with Gasteiger partial charge in [0.2, 0.25) is 0 Å². The van der Waals surface area contributed by atoms with Crippen LogP contribution in [-0.4, -0.2) is 20.4 Å². The molecule has 0 atom stereocenters. The van der Waals surface area contributed by atoms with Crippen molar-refractivity contribution in [3.8, 4) is 11.3 Å². The van der Waals surface area contributed by atoms with Crippen molar-refractivity contribution < 1.29 is 4.79 Å². The summed E-state index contributed by atoms with van der Waals surface area (Å²) in [6, 6.07) is 22.9. The lowest BCUT2D eigenvalue weighted by molar-refractivity contribution is 0.102. The van der Waals surface area contributed by atoms with Crippen LogP contribution < -0.4 is 5.32 Å². The Kier molecular flexibility index (Phi) is 5.40. The van der Waals surface area contributed by atoms with Gasteiger partial charge in [-0.1, -0.05) is 29.8 Å². The highest BCUT2D eigenvalue weighted by atomic mass is 35.5. The monoisotopic (exact) mass is 438 g/mol. The number of hydrogen-bond acceptors (Lipinski definition) is 3. The van der Waals surface area contributed by atoms with E-state index in [4.69, 9.17) is 11.6 Å². The molecule has 5 rings (SSSR count). The van der Waals surface area contributed by atoms with Crippen LogP contribution in [0.5, 0.6) is 0 Å². The molecule has 3 heterocycles. The molecule has 0 aliphatic rings. The highest BCUT2D eigenvalue weighted by molar-refractivity contribution is 6.30. The minimum atomic E-state index is -0.219. The van der Waals surface area contributed by atoms with Gasteiger partial charge in [0.1, 0.15) is 0 Å². The minimum absolute atomic E-state index is 0.219. The standard InChI is InChI=1S/C26H19ClN4O/c27-22-7-3-19(4-8-22)24-10-6-21(16-29-24)26(32)30-23-9-5-20-13-18(15-28-25(20)14-23)17-31-11-1-2-12-31/h1-16H,17H2,(H,30,32). The van der Waals surface area contributed by atoms with E-state index in [9.17, 15) is 4.79 Å². The summed E-state index contributed by atoms with van der Waals surface area (Å²) >= 11 is 5.94. The second kappa shape index (κ2) is 8.65. The number of anilines is 1. The lowest BCUT2D eigenvalue weighted by atomic mass is 10.1. The zero-order chi connectivity index (χ0) is 21.9. The Morgan fingerprint density at radius 2 is 1.72 bits per heavy atom. The van der Waals surface area contributed by atoms with E-state index in [-0.39, 0.29) is 5.91 Å². The molecule has 0 saturated heterocycles. The normalized spacial score (nSPS) is 10.9. The maximum atomic E-state index is 12.7. The first-order valence-electron chi connectivity index (χ1n) is 10.2. The number of amides is 1. The van der Waals surface area contributed by atoms with E-state index < -0.39 is 0 Å². The fourth-order valence-electron chi connectivity index (χ4n) is 3.54. The first-order chi connectivity index (χ1) is 15.6. The van der Waals surface area contributed by atoms with Crippen LogP contribution in [0.1, 0.15) is 15.9 Å². The fourth-order valence-corrected chi connectivity index (χ4v) is 3.67. The number of nitrogens with zero attached hydrogens (tertiary/aromatic N) is 3. The first-order valence-corrected chi connectivity index (χ1v) is 10.5. The number of carbonyl (C=O) groups is 1. The number of pyridine rings is 2. The van der Waals surface area contributed by atoms with Gasteiger partial charge in [-0.15, -0.1) is 0 Å². The van der Waals surface area contributed by atoms with Crippen LogP contribution in [0.15, 0.2) is 97.6 Å². The maximum absolute atomic E-state index is 12.7. The van der Waals surface area contributed by atoms with Gasteiger partial charge in [0.15, 0.2) is 0 Å². The van der Waals surface area contributed by atoms with Gasteiger partial charge in [-0.2, -0.15) is 0 Å². The van der Waals surface area contributed by atoms with E-state index in [0.29, 0.717) is 16.3 Å². The zero-order valence-corrected chi connectivity index (χ0v) is 17.8. The number of aromatic nitrogens is 3. The SMILES string of the molecule is O=C(Nc1ccc2cc(Cn3cccc3)cnc2c1)c1ccc(-c2ccc(Cl)cc2)nc1. The number of fused-ring (bicyclic) bond motifs is 1. The molecule has 0 bridgehead atoms. The molecule has 0 fully saturated rings. The van der Waals surface area contributed by atoms with E-state index in [1.807, 2.05) is 79.3 Å². The molecule has 0 spiro atoms. The summed E-state index contributed by atoms with van der Waals surface area (Å²) in [6.45, 7) is 0.771. The average molecular weight is 439 g/mol. The number of nitrogens with one attached hydrogen (secondary N) is 1. The van der Waals surface area contributed by atoms with Gasteiger partial charge in [-0.25, -0.2) is 0 Å². The average Bonchev–Trinajstić information content (AvgIpc) is 3.33. The molecule has 0 aliphatic carbocycles. The van der Waals surface area contributed by atoms with Gasteiger partial charge in [0, 0.05) is 53.0 Å². The van der Waals surface area contributed by atoms with Gasteiger partial charge < -0.3 is 9.88 Å². The topological polar surface area (TPSA) is 59.8 Å². The van der Waals surface area contributed by atoms with Gasteiger partial charge in [0.25, 0.3) is 5.91 Å². The summed E-state index contributed by atoms with van der Waals surface area (Å²) in [5.74, 6) is -0.219. The van der Waals surface area contributed by atoms with Crippen molar-refractivity contribution in [1.82, 2.24) is 14.5 Å². The van der Waals surface area contributed by atoms with Crippen molar-refractivity contribution in [3.63, 3.8) is 0 Å². The van der Waals surface area contributed by atoms with Crippen LogP contribution in [0.3, 0.4) is 0 Å². The largest absolute Gasteiger partial charge is 0.350 e. The van der Waals surface area contributed by atoms with Crippen LogP contribution in [0.25, 0.3) is 22.2 Å². The van der Waals surface area contributed by atoms with Crippen molar-refractivity contribution in [3.05, 3.63) is 114 Å². The van der Waals surface area contributed by atoms with Crippen molar-refractivity contribution in [2.24, 2.45) is 0 Å². The van der Waals surface area contributed by atoms with E-state index >= 15 is 0 Å². The number of benzene rings is 2. The van der Waals surface area contributed by atoms with Crippen molar-refractivity contribution in [1.29, 1.82) is 0 Å². The Balaban J connectivity index is 1.30. The summed E-state index contributed by atoms with van der Waals surface area (Å²) < 4.78 is 2.10. The molecule has 3 aromatic heterocycles. The summed E-state index contributed by atoms with van der Waals surface area (Å²) in [5, 5.41) is 4.63. The third kappa shape index (κ3) is 4.38. The smallest absolute Gasteiger partial charge is 0.257 e. The lowest BCUT2D eigenvalue weighted by Crippen LogP contribution is -2.12. The molecule has 0 saturated carbocycles. The summed E-state index contributed by atoms with van der Waals surface area (Å²) in [7, 11) is 0. The van der Waals surface area contributed by atoms with Crippen LogP contribution in [-0.2, 0) is 6.54 Å². The van der Waals surface area contributed by atoms with E-state index in [1.54, 1.807) is 12.3 Å². The molecule has 0 unspecified atom stereocenters. The number of halogens is 1. The first kappa shape index (κ1) is 20.0. The van der Waals surface area contributed by atoms with Crippen molar-refractivity contribution in [2.75, 3.05) is 5.32 Å². The molecule has 6 heteroatoms. The molecule has 32 heavy (non-hydrogen) atoms. The van der Waals surface area contributed by atoms with E-state index in [2.05, 4.69) is 25.9 Å². The molecule has 2 aromatic carbocycles. The molecular weight excluding hydrogens is 420 g/mol. The number of carbonyl (C=O) groups excluding carboxylic acids is 1. The number of hydrogen-bond donors (Lipinski definition) is 1.